The van der Waals surface area contributed by atoms with E-state index < -0.39 is 0 Å². The Hall–Kier alpha value is -2.86. The molecular weight excluding hydrogens is 451 g/mol. The summed E-state index contributed by atoms with van der Waals surface area (Å²) in [4.78, 5) is 17.1. The maximum absolute atomic E-state index is 12.4. The van der Waals surface area contributed by atoms with E-state index in [4.69, 9.17) is 27.9 Å². The number of hydrogen-bond acceptors (Lipinski definition) is 4. The number of benzene rings is 3. The molecule has 1 heterocycles. The van der Waals surface area contributed by atoms with E-state index in [0.717, 1.165) is 28.4 Å². The molecule has 0 bridgehead atoms. The summed E-state index contributed by atoms with van der Waals surface area (Å²) in [6, 6.07) is 22.1. The van der Waals surface area contributed by atoms with Crippen LogP contribution in [-0.4, -0.2) is 17.5 Å². The Morgan fingerprint density at radius 1 is 1.00 bits per heavy atom. The van der Waals surface area contributed by atoms with Gasteiger partial charge in [0.1, 0.15) is 10.8 Å². The number of rotatable bonds is 7. The highest BCUT2D eigenvalue weighted by atomic mass is 35.5. The lowest BCUT2D eigenvalue weighted by molar-refractivity contribution is 0.102. The Kier molecular flexibility index (Phi) is 6.87. The van der Waals surface area contributed by atoms with Crippen molar-refractivity contribution >= 4 is 46.1 Å². The summed E-state index contributed by atoms with van der Waals surface area (Å²) in [7, 11) is 0. The Morgan fingerprint density at radius 2 is 1.77 bits per heavy atom. The fourth-order valence-electron chi connectivity index (χ4n) is 2.92. The monoisotopic (exact) mass is 468 g/mol. The molecule has 0 aliphatic heterocycles. The third-order valence-electron chi connectivity index (χ3n) is 4.49. The number of anilines is 1. The van der Waals surface area contributed by atoms with Gasteiger partial charge in [0.15, 0.2) is 0 Å². The zero-order valence-corrected chi connectivity index (χ0v) is 18.7. The van der Waals surface area contributed by atoms with Crippen molar-refractivity contribution in [3.8, 4) is 16.3 Å². The van der Waals surface area contributed by atoms with Crippen LogP contribution >= 0.6 is 34.5 Å². The summed E-state index contributed by atoms with van der Waals surface area (Å²) in [6.45, 7) is 0.518. The molecular formula is C24H18Cl2N2O2S. The van der Waals surface area contributed by atoms with E-state index in [9.17, 15) is 4.79 Å². The van der Waals surface area contributed by atoms with Crippen molar-refractivity contribution in [3.05, 3.63) is 99.5 Å². The zero-order valence-electron chi connectivity index (χ0n) is 16.3. The third kappa shape index (κ3) is 5.64. The molecule has 1 aromatic heterocycles. The number of nitrogens with one attached hydrogen (secondary N) is 1. The molecule has 0 aliphatic carbocycles. The van der Waals surface area contributed by atoms with Gasteiger partial charge in [-0.25, -0.2) is 4.98 Å². The van der Waals surface area contributed by atoms with Crippen LogP contribution in [0, 0.1) is 0 Å². The van der Waals surface area contributed by atoms with E-state index in [2.05, 4.69) is 27.8 Å². The van der Waals surface area contributed by atoms with Crippen molar-refractivity contribution in [3.63, 3.8) is 0 Å². The van der Waals surface area contributed by atoms with Gasteiger partial charge in [-0.2, -0.15) is 0 Å². The zero-order chi connectivity index (χ0) is 21.6. The van der Waals surface area contributed by atoms with Crippen molar-refractivity contribution in [2.75, 3.05) is 11.9 Å². The number of carbonyl (C=O) groups excluding carboxylic acids is 1. The Balaban J connectivity index is 1.29. The molecule has 0 aliphatic rings. The van der Waals surface area contributed by atoms with Crippen LogP contribution in [0.25, 0.3) is 10.6 Å². The molecule has 0 saturated carbocycles. The van der Waals surface area contributed by atoms with Crippen LogP contribution in [0.1, 0.15) is 16.1 Å². The first-order chi connectivity index (χ1) is 15.1. The molecule has 0 spiro atoms. The molecule has 0 radical (unpaired) electrons. The predicted molar refractivity (Wildman–Crippen MR) is 128 cm³/mol. The van der Waals surface area contributed by atoms with Gasteiger partial charge in [-0.3, -0.25) is 4.79 Å². The minimum atomic E-state index is -0.298. The van der Waals surface area contributed by atoms with Gasteiger partial charge in [-0.05, 0) is 42.5 Å². The van der Waals surface area contributed by atoms with E-state index in [0.29, 0.717) is 27.9 Å². The topological polar surface area (TPSA) is 51.2 Å². The van der Waals surface area contributed by atoms with Crippen molar-refractivity contribution in [1.82, 2.24) is 4.98 Å². The van der Waals surface area contributed by atoms with Gasteiger partial charge in [0.25, 0.3) is 5.91 Å². The summed E-state index contributed by atoms with van der Waals surface area (Å²) in [5.41, 5.74) is 3.14. The van der Waals surface area contributed by atoms with Crippen LogP contribution in [0.5, 0.6) is 5.75 Å². The van der Waals surface area contributed by atoms with Crippen molar-refractivity contribution in [1.29, 1.82) is 0 Å². The summed E-state index contributed by atoms with van der Waals surface area (Å²) < 4.78 is 5.82. The lowest BCUT2D eigenvalue weighted by atomic mass is 10.2. The van der Waals surface area contributed by atoms with Gasteiger partial charge in [-0.1, -0.05) is 53.5 Å². The second kappa shape index (κ2) is 9.96. The number of amides is 1. The first-order valence-corrected chi connectivity index (χ1v) is 11.2. The Morgan fingerprint density at radius 3 is 2.52 bits per heavy atom. The molecule has 156 valence electrons. The van der Waals surface area contributed by atoms with E-state index in [1.54, 1.807) is 41.7 Å². The van der Waals surface area contributed by atoms with Crippen LogP contribution in [-0.2, 0) is 6.42 Å². The summed E-state index contributed by atoms with van der Waals surface area (Å²) in [5.74, 6) is 0.425. The standard InChI is InChI=1S/C24H18Cl2N2O2S/c25-17-6-11-21(22(26)14-17)23(29)27-18-7-9-20(10-8-18)30-13-12-19-15-31-24(28-19)16-4-2-1-3-5-16/h1-11,14-15H,12-13H2,(H,27,29). The SMILES string of the molecule is O=C(Nc1ccc(OCCc2csc(-c3ccccc3)n2)cc1)c1ccc(Cl)cc1Cl. The molecule has 0 atom stereocenters. The number of halogens is 2. The number of hydrogen-bond donors (Lipinski definition) is 1. The lowest BCUT2D eigenvalue weighted by Gasteiger charge is -2.09. The summed E-state index contributed by atoms with van der Waals surface area (Å²) in [5, 5.41) is 6.68. The molecule has 4 aromatic rings. The largest absolute Gasteiger partial charge is 0.493 e. The molecule has 1 amide bonds. The highest BCUT2D eigenvalue weighted by Gasteiger charge is 2.11. The predicted octanol–water partition coefficient (Wildman–Crippen LogP) is 6.99. The second-order valence-corrected chi connectivity index (χ2v) is 8.41. The average Bonchev–Trinajstić information content (AvgIpc) is 3.24. The summed E-state index contributed by atoms with van der Waals surface area (Å²) in [6.07, 6.45) is 0.719. The number of aromatic nitrogens is 1. The van der Waals surface area contributed by atoms with Gasteiger partial charge in [0.05, 0.1) is 22.9 Å². The maximum Gasteiger partial charge on any atom is 0.257 e. The van der Waals surface area contributed by atoms with E-state index in [1.807, 2.05) is 30.3 Å². The fourth-order valence-corrected chi connectivity index (χ4v) is 4.27. The molecule has 4 rings (SSSR count). The van der Waals surface area contributed by atoms with E-state index in [1.165, 1.54) is 0 Å². The van der Waals surface area contributed by atoms with Crippen LogP contribution in [0.15, 0.2) is 78.2 Å². The van der Waals surface area contributed by atoms with Gasteiger partial charge in [-0.15, -0.1) is 11.3 Å². The van der Waals surface area contributed by atoms with E-state index >= 15 is 0 Å². The van der Waals surface area contributed by atoms with E-state index in [-0.39, 0.29) is 5.91 Å². The number of carbonyl (C=O) groups is 1. The third-order valence-corrected chi connectivity index (χ3v) is 5.98. The highest BCUT2D eigenvalue weighted by molar-refractivity contribution is 7.13. The number of thiazole rings is 1. The molecule has 31 heavy (non-hydrogen) atoms. The number of ether oxygens (including phenoxy) is 1. The second-order valence-electron chi connectivity index (χ2n) is 6.71. The maximum atomic E-state index is 12.4. The fraction of sp³-hybridized carbons (Fsp3) is 0.0833. The average molecular weight is 469 g/mol. The minimum absolute atomic E-state index is 0.298. The molecule has 7 heteroatoms. The van der Waals surface area contributed by atoms with Gasteiger partial charge < -0.3 is 10.1 Å². The van der Waals surface area contributed by atoms with Crippen LogP contribution < -0.4 is 10.1 Å². The minimum Gasteiger partial charge on any atom is -0.493 e. The quantitative estimate of drug-likeness (QED) is 0.317. The normalized spacial score (nSPS) is 10.6. The Bertz CT molecular complexity index is 1180. The highest BCUT2D eigenvalue weighted by Crippen LogP contribution is 2.24. The van der Waals surface area contributed by atoms with Crippen molar-refractivity contribution in [2.24, 2.45) is 0 Å². The first-order valence-electron chi connectivity index (χ1n) is 9.57. The first kappa shape index (κ1) is 21.4. The molecule has 1 N–H and O–H groups in total. The molecule has 0 fully saturated rings. The molecule has 0 saturated heterocycles. The van der Waals surface area contributed by atoms with Crippen molar-refractivity contribution < 1.29 is 9.53 Å². The molecule has 0 unspecified atom stereocenters. The smallest absolute Gasteiger partial charge is 0.257 e. The summed E-state index contributed by atoms with van der Waals surface area (Å²) >= 11 is 13.6. The van der Waals surface area contributed by atoms with Crippen molar-refractivity contribution in [2.45, 2.75) is 6.42 Å². The van der Waals surface area contributed by atoms with Crippen LogP contribution in [0.2, 0.25) is 10.0 Å². The molecule has 3 aromatic carbocycles. The van der Waals surface area contributed by atoms with Crippen LogP contribution in [0.3, 0.4) is 0 Å². The van der Waals surface area contributed by atoms with Gasteiger partial charge in [0, 0.05) is 28.1 Å². The van der Waals surface area contributed by atoms with Gasteiger partial charge >= 0.3 is 0 Å². The van der Waals surface area contributed by atoms with Gasteiger partial charge in [0.2, 0.25) is 0 Å². The lowest BCUT2D eigenvalue weighted by Crippen LogP contribution is -2.12. The Labute approximate surface area is 194 Å². The molecule has 4 nitrogen and oxygen atoms in total. The number of nitrogens with zero attached hydrogens (tertiary/aromatic N) is 1. The van der Waals surface area contributed by atoms with Crippen LogP contribution in [0.4, 0.5) is 5.69 Å².